The van der Waals surface area contributed by atoms with Crippen LogP contribution in [0, 0.1) is 5.82 Å². The van der Waals surface area contributed by atoms with Crippen molar-refractivity contribution in [3.63, 3.8) is 0 Å². The van der Waals surface area contributed by atoms with Crippen LogP contribution in [0.3, 0.4) is 0 Å². The van der Waals surface area contributed by atoms with E-state index in [1.807, 2.05) is 6.07 Å². The van der Waals surface area contributed by atoms with E-state index in [9.17, 15) is 14.3 Å². The number of hydrogen-bond acceptors (Lipinski definition) is 3. The molecule has 0 aliphatic rings. The third-order valence-corrected chi connectivity index (χ3v) is 3.65. The molecule has 0 spiro atoms. The van der Waals surface area contributed by atoms with Crippen LogP contribution in [0.4, 0.5) is 4.39 Å². The van der Waals surface area contributed by atoms with E-state index < -0.39 is 11.9 Å². The molecule has 0 aliphatic carbocycles. The van der Waals surface area contributed by atoms with E-state index in [0.717, 1.165) is 5.39 Å². The highest BCUT2D eigenvalue weighted by Crippen LogP contribution is 2.35. The fourth-order valence-corrected chi connectivity index (χ4v) is 2.61. The number of halogens is 1. The first-order valence-electron chi connectivity index (χ1n) is 7.16. The van der Waals surface area contributed by atoms with E-state index in [1.165, 1.54) is 13.0 Å². The predicted octanol–water partition coefficient (Wildman–Crippen LogP) is 3.31. The lowest BCUT2D eigenvalue weighted by Crippen LogP contribution is -2.27. The summed E-state index contributed by atoms with van der Waals surface area (Å²) < 4.78 is 14.2. The van der Waals surface area contributed by atoms with Crippen LogP contribution in [-0.4, -0.2) is 16.0 Å². The molecule has 2 aromatic carbocycles. The van der Waals surface area contributed by atoms with Crippen LogP contribution in [0.2, 0.25) is 0 Å². The van der Waals surface area contributed by atoms with Crippen molar-refractivity contribution < 1.29 is 14.3 Å². The molecule has 1 aromatic heterocycles. The Balaban J connectivity index is 2.19. The first-order chi connectivity index (χ1) is 11.1. The van der Waals surface area contributed by atoms with Crippen molar-refractivity contribution in [3.05, 3.63) is 71.7 Å². The van der Waals surface area contributed by atoms with Gasteiger partial charge in [0, 0.05) is 29.6 Å². The SMILES string of the molecule is CC(=O)N[C@@H](c1ccccc1F)c1ccc2cccnc2c1O. The summed E-state index contributed by atoms with van der Waals surface area (Å²) in [5, 5.41) is 14.0. The summed E-state index contributed by atoms with van der Waals surface area (Å²) in [5.74, 6) is -0.837. The first kappa shape index (κ1) is 15.0. The van der Waals surface area contributed by atoms with Crippen LogP contribution in [0.15, 0.2) is 54.7 Å². The minimum atomic E-state index is -0.792. The summed E-state index contributed by atoms with van der Waals surface area (Å²) in [5.41, 5.74) is 1.10. The van der Waals surface area contributed by atoms with E-state index in [1.54, 1.807) is 42.6 Å². The number of phenols is 1. The Morgan fingerprint density at radius 2 is 1.91 bits per heavy atom. The molecule has 1 amide bonds. The van der Waals surface area contributed by atoms with Gasteiger partial charge in [-0.2, -0.15) is 0 Å². The van der Waals surface area contributed by atoms with Gasteiger partial charge in [-0.3, -0.25) is 9.78 Å². The van der Waals surface area contributed by atoms with Gasteiger partial charge < -0.3 is 10.4 Å². The van der Waals surface area contributed by atoms with Gasteiger partial charge in [-0.25, -0.2) is 4.39 Å². The van der Waals surface area contributed by atoms with Gasteiger partial charge in [0.15, 0.2) is 0 Å². The third kappa shape index (κ3) is 2.85. The van der Waals surface area contributed by atoms with Crippen molar-refractivity contribution in [3.8, 4) is 5.75 Å². The molecule has 23 heavy (non-hydrogen) atoms. The maximum absolute atomic E-state index is 14.2. The molecule has 1 atom stereocenters. The molecule has 3 aromatic rings. The number of benzene rings is 2. The molecule has 0 saturated carbocycles. The first-order valence-corrected chi connectivity index (χ1v) is 7.16. The van der Waals surface area contributed by atoms with Crippen molar-refractivity contribution >= 4 is 16.8 Å². The fraction of sp³-hybridized carbons (Fsp3) is 0.111. The highest BCUT2D eigenvalue weighted by molar-refractivity contribution is 5.86. The van der Waals surface area contributed by atoms with Crippen molar-refractivity contribution in [1.82, 2.24) is 10.3 Å². The van der Waals surface area contributed by atoms with Gasteiger partial charge in [0.05, 0.1) is 6.04 Å². The zero-order valence-electron chi connectivity index (χ0n) is 12.5. The van der Waals surface area contributed by atoms with Crippen LogP contribution in [-0.2, 0) is 4.79 Å². The van der Waals surface area contributed by atoms with E-state index in [-0.39, 0.29) is 17.2 Å². The third-order valence-electron chi connectivity index (χ3n) is 3.65. The number of nitrogens with zero attached hydrogens (tertiary/aromatic N) is 1. The summed E-state index contributed by atoms with van der Waals surface area (Å²) in [7, 11) is 0. The molecule has 0 radical (unpaired) electrons. The van der Waals surface area contributed by atoms with Gasteiger partial charge in [0.2, 0.25) is 5.91 Å². The minimum Gasteiger partial charge on any atom is -0.505 e. The number of carbonyl (C=O) groups excluding carboxylic acids is 1. The molecule has 0 unspecified atom stereocenters. The maximum atomic E-state index is 14.2. The van der Waals surface area contributed by atoms with Gasteiger partial charge in [-0.05, 0) is 12.1 Å². The Bertz CT molecular complexity index is 880. The van der Waals surface area contributed by atoms with E-state index >= 15 is 0 Å². The smallest absolute Gasteiger partial charge is 0.217 e. The molecule has 2 N–H and O–H groups in total. The molecule has 0 fully saturated rings. The van der Waals surface area contributed by atoms with E-state index in [4.69, 9.17) is 0 Å². The minimum absolute atomic E-state index is 0.0647. The summed E-state index contributed by atoms with van der Waals surface area (Å²) in [6, 6.07) is 12.4. The summed E-state index contributed by atoms with van der Waals surface area (Å²) >= 11 is 0. The summed E-state index contributed by atoms with van der Waals surface area (Å²) in [6.07, 6.45) is 1.57. The van der Waals surface area contributed by atoms with Gasteiger partial charge in [-0.1, -0.05) is 36.4 Å². The number of carbonyl (C=O) groups is 1. The predicted molar refractivity (Wildman–Crippen MR) is 85.5 cm³/mol. The van der Waals surface area contributed by atoms with Crippen molar-refractivity contribution in [1.29, 1.82) is 0 Å². The summed E-state index contributed by atoms with van der Waals surface area (Å²) in [4.78, 5) is 15.7. The van der Waals surface area contributed by atoms with Gasteiger partial charge in [0.25, 0.3) is 0 Å². The number of pyridine rings is 1. The Labute approximate surface area is 132 Å². The van der Waals surface area contributed by atoms with Crippen molar-refractivity contribution in [2.75, 3.05) is 0 Å². The molecular weight excluding hydrogens is 295 g/mol. The molecule has 5 heteroatoms. The van der Waals surface area contributed by atoms with E-state index in [2.05, 4.69) is 10.3 Å². The zero-order valence-corrected chi connectivity index (χ0v) is 12.5. The molecule has 0 saturated heterocycles. The second-order valence-electron chi connectivity index (χ2n) is 5.23. The number of hydrogen-bond donors (Lipinski definition) is 2. The average molecular weight is 310 g/mol. The molecule has 116 valence electrons. The zero-order chi connectivity index (χ0) is 16.4. The normalized spacial score (nSPS) is 12.1. The molecule has 0 bridgehead atoms. The van der Waals surface area contributed by atoms with Crippen LogP contribution in [0.5, 0.6) is 5.75 Å². The summed E-state index contributed by atoms with van der Waals surface area (Å²) in [6.45, 7) is 1.35. The lowest BCUT2D eigenvalue weighted by molar-refractivity contribution is -0.119. The fourth-order valence-electron chi connectivity index (χ4n) is 2.61. The topological polar surface area (TPSA) is 62.2 Å². The Morgan fingerprint density at radius 3 is 2.65 bits per heavy atom. The Morgan fingerprint density at radius 1 is 1.13 bits per heavy atom. The molecular formula is C18H15FN2O2. The number of nitrogens with one attached hydrogen (secondary N) is 1. The number of aromatic hydroxyl groups is 1. The van der Waals surface area contributed by atoms with Crippen molar-refractivity contribution in [2.45, 2.75) is 13.0 Å². The number of rotatable bonds is 3. The number of aromatic nitrogens is 1. The Kier molecular flexibility index (Phi) is 3.93. The van der Waals surface area contributed by atoms with Gasteiger partial charge in [-0.15, -0.1) is 0 Å². The number of phenolic OH excluding ortho intramolecular Hbond substituents is 1. The second-order valence-corrected chi connectivity index (χ2v) is 5.23. The molecule has 3 rings (SSSR count). The molecule has 0 aliphatic heterocycles. The maximum Gasteiger partial charge on any atom is 0.217 e. The highest BCUT2D eigenvalue weighted by Gasteiger charge is 2.23. The van der Waals surface area contributed by atoms with E-state index in [0.29, 0.717) is 11.1 Å². The quantitative estimate of drug-likeness (QED) is 0.780. The van der Waals surface area contributed by atoms with Crippen LogP contribution >= 0.6 is 0 Å². The molecule has 1 heterocycles. The van der Waals surface area contributed by atoms with Gasteiger partial charge in [0.1, 0.15) is 17.1 Å². The van der Waals surface area contributed by atoms with Crippen LogP contribution in [0.25, 0.3) is 10.9 Å². The van der Waals surface area contributed by atoms with Crippen molar-refractivity contribution in [2.24, 2.45) is 0 Å². The van der Waals surface area contributed by atoms with Crippen LogP contribution in [0.1, 0.15) is 24.1 Å². The number of amides is 1. The molecule has 4 nitrogen and oxygen atoms in total. The standard InChI is InChI=1S/C18H15FN2O2/c1-11(22)21-17(13-6-2-3-7-15(13)19)14-9-8-12-5-4-10-20-16(12)18(14)23/h2-10,17,23H,1H3,(H,21,22)/t17-/m0/s1. The van der Waals surface area contributed by atoms with Crippen LogP contribution < -0.4 is 5.32 Å². The lowest BCUT2D eigenvalue weighted by Gasteiger charge is -2.21. The average Bonchev–Trinajstić information content (AvgIpc) is 2.54. The lowest BCUT2D eigenvalue weighted by atomic mass is 9.96. The number of fused-ring (bicyclic) bond motifs is 1. The van der Waals surface area contributed by atoms with Gasteiger partial charge >= 0.3 is 0 Å². The largest absolute Gasteiger partial charge is 0.505 e. The highest BCUT2D eigenvalue weighted by atomic mass is 19.1. The monoisotopic (exact) mass is 310 g/mol. The Hall–Kier alpha value is -2.95. The second kappa shape index (κ2) is 6.04.